The predicted octanol–water partition coefficient (Wildman–Crippen LogP) is 1.61. The fraction of sp³-hybridized carbons (Fsp3) is 0.455. The number of hydrazine groups is 1. The minimum absolute atomic E-state index is 0.774. The van der Waals surface area contributed by atoms with Crippen LogP contribution < -0.4 is 11.2 Å². The molecule has 0 aliphatic carbocycles. The molecule has 0 atom stereocenters. The third kappa shape index (κ3) is 2.87. The maximum absolute atomic E-state index is 5.70. The van der Waals surface area contributed by atoms with E-state index in [2.05, 4.69) is 38.3 Å². The van der Waals surface area contributed by atoms with Gasteiger partial charge in [0.1, 0.15) is 0 Å². The number of nitrogens with zero attached hydrogens (tertiary/aromatic N) is 2. The average Bonchev–Trinajstić information content (AvgIpc) is 2.25. The summed E-state index contributed by atoms with van der Waals surface area (Å²) in [7, 11) is 2.15. The van der Waals surface area contributed by atoms with Gasteiger partial charge in [0.2, 0.25) is 0 Å². The quantitative estimate of drug-likeness (QED) is 0.810. The minimum Gasteiger partial charge on any atom is -0.399 e. The zero-order chi connectivity index (χ0) is 11.5. The van der Waals surface area contributed by atoms with E-state index in [1.807, 2.05) is 18.2 Å². The van der Waals surface area contributed by atoms with Crippen molar-refractivity contribution in [2.45, 2.75) is 0 Å². The number of nitrogens with two attached hydrogens (primary N) is 1. The molecule has 1 aliphatic rings. The van der Waals surface area contributed by atoms with E-state index in [-0.39, 0.29) is 0 Å². The topological polar surface area (TPSA) is 44.5 Å². The summed E-state index contributed by atoms with van der Waals surface area (Å²) in [6, 6.07) is 5.82. The molecule has 1 aromatic rings. The number of hydrogen-bond donors (Lipinski definition) is 2. The Hall–Kier alpha value is -0.780. The number of halogens is 1. The molecule has 0 amide bonds. The van der Waals surface area contributed by atoms with E-state index < -0.39 is 0 Å². The largest absolute Gasteiger partial charge is 0.399 e. The Morgan fingerprint density at radius 2 is 1.94 bits per heavy atom. The van der Waals surface area contributed by atoms with E-state index in [4.69, 9.17) is 5.73 Å². The van der Waals surface area contributed by atoms with E-state index in [9.17, 15) is 0 Å². The van der Waals surface area contributed by atoms with Gasteiger partial charge in [0.05, 0.1) is 5.69 Å². The summed E-state index contributed by atoms with van der Waals surface area (Å²) in [5, 5.41) is 2.23. The van der Waals surface area contributed by atoms with Gasteiger partial charge >= 0.3 is 0 Å². The number of anilines is 2. The highest BCUT2D eigenvalue weighted by atomic mass is 79.9. The Bertz CT molecular complexity index is 361. The molecular weight excluding hydrogens is 268 g/mol. The predicted molar refractivity (Wildman–Crippen MR) is 71.2 cm³/mol. The molecule has 5 heteroatoms. The molecule has 0 aromatic heterocycles. The van der Waals surface area contributed by atoms with E-state index >= 15 is 0 Å². The van der Waals surface area contributed by atoms with Gasteiger partial charge < -0.3 is 16.1 Å². The zero-order valence-corrected chi connectivity index (χ0v) is 11.0. The molecule has 3 N–H and O–H groups in total. The van der Waals surface area contributed by atoms with Gasteiger partial charge in [-0.1, -0.05) is 0 Å². The third-order valence-electron chi connectivity index (χ3n) is 2.77. The van der Waals surface area contributed by atoms with Crippen molar-refractivity contribution in [3.05, 3.63) is 22.7 Å². The molecule has 1 saturated heterocycles. The van der Waals surface area contributed by atoms with Gasteiger partial charge in [0.15, 0.2) is 0 Å². The molecule has 0 radical (unpaired) electrons. The number of hydrogen-bond acceptors (Lipinski definition) is 4. The lowest BCUT2D eigenvalue weighted by molar-refractivity contribution is 0.179. The van der Waals surface area contributed by atoms with E-state index in [1.54, 1.807) is 0 Å². The van der Waals surface area contributed by atoms with Crippen LogP contribution in [0.1, 0.15) is 0 Å². The van der Waals surface area contributed by atoms with E-state index in [1.165, 1.54) is 0 Å². The standard InChI is InChI=1S/C11H17BrN4/c1-15-4-6-16(7-5-15)14-11-3-2-9(13)8-10(11)12/h2-3,8,14H,4-7,13H2,1H3. The molecule has 2 rings (SSSR count). The molecule has 0 bridgehead atoms. The summed E-state index contributed by atoms with van der Waals surface area (Å²) in [5.41, 5.74) is 10.9. The summed E-state index contributed by atoms with van der Waals surface area (Å²) in [6.45, 7) is 4.26. The fourth-order valence-corrected chi connectivity index (χ4v) is 2.20. The van der Waals surface area contributed by atoms with E-state index in [0.29, 0.717) is 0 Å². The highest BCUT2D eigenvalue weighted by Gasteiger charge is 2.14. The van der Waals surface area contributed by atoms with Crippen LogP contribution in [0.4, 0.5) is 11.4 Å². The summed E-state index contributed by atoms with van der Waals surface area (Å²) in [6.07, 6.45) is 0. The number of rotatable bonds is 2. The second kappa shape index (κ2) is 5.03. The molecule has 1 aromatic carbocycles. The van der Waals surface area contributed by atoms with Gasteiger partial charge in [0.25, 0.3) is 0 Å². The lowest BCUT2D eigenvalue weighted by Gasteiger charge is -2.33. The Morgan fingerprint density at radius 3 is 2.56 bits per heavy atom. The van der Waals surface area contributed by atoms with Crippen molar-refractivity contribution in [1.82, 2.24) is 9.91 Å². The summed E-state index contributed by atoms with van der Waals surface area (Å²) < 4.78 is 1.01. The molecule has 0 spiro atoms. The van der Waals surface area contributed by atoms with Crippen LogP contribution in [-0.4, -0.2) is 43.1 Å². The van der Waals surface area contributed by atoms with Gasteiger partial charge in [0, 0.05) is 36.3 Å². The number of piperazine rings is 1. The highest BCUT2D eigenvalue weighted by molar-refractivity contribution is 9.10. The van der Waals surface area contributed by atoms with Crippen LogP contribution in [0.5, 0.6) is 0 Å². The van der Waals surface area contributed by atoms with Crippen LogP contribution >= 0.6 is 15.9 Å². The molecule has 1 heterocycles. The van der Waals surface area contributed by atoms with Crippen LogP contribution in [0, 0.1) is 0 Å². The molecule has 16 heavy (non-hydrogen) atoms. The molecule has 0 saturated carbocycles. The summed E-state index contributed by atoms with van der Waals surface area (Å²) in [5.74, 6) is 0. The first-order valence-corrected chi connectivity index (χ1v) is 6.19. The molecule has 1 aliphatic heterocycles. The second-order valence-corrected chi connectivity index (χ2v) is 5.00. The SMILES string of the molecule is CN1CCN(Nc2ccc(N)cc2Br)CC1. The van der Waals surface area contributed by atoms with Crippen molar-refractivity contribution < 1.29 is 0 Å². The van der Waals surface area contributed by atoms with Gasteiger partial charge in [-0.25, -0.2) is 5.01 Å². The fourth-order valence-electron chi connectivity index (χ4n) is 1.71. The number of nitrogens with one attached hydrogen (secondary N) is 1. The Kier molecular flexibility index (Phi) is 3.68. The number of benzene rings is 1. The molecule has 1 fully saturated rings. The van der Waals surface area contributed by atoms with Crippen molar-refractivity contribution >= 4 is 27.3 Å². The van der Waals surface area contributed by atoms with Crippen LogP contribution in [0.15, 0.2) is 22.7 Å². The second-order valence-electron chi connectivity index (χ2n) is 4.14. The van der Waals surface area contributed by atoms with Gasteiger partial charge in [-0.15, -0.1) is 0 Å². The summed E-state index contributed by atoms with van der Waals surface area (Å²) >= 11 is 3.51. The Labute approximate surface area is 104 Å². The average molecular weight is 285 g/mol. The van der Waals surface area contributed by atoms with Gasteiger partial charge in [-0.2, -0.15) is 0 Å². The van der Waals surface area contributed by atoms with Crippen molar-refractivity contribution in [3.8, 4) is 0 Å². The summed E-state index contributed by atoms with van der Waals surface area (Å²) in [4.78, 5) is 2.33. The highest BCUT2D eigenvalue weighted by Crippen LogP contribution is 2.25. The first kappa shape index (κ1) is 11.7. The van der Waals surface area contributed by atoms with Crippen molar-refractivity contribution in [2.24, 2.45) is 0 Å². The first-order valence-electron chi connectivity index (χ1n) is 5.40. The molecular formula is C11H17BrN4. The maximum atomic E-state index is 5.70. The molecule has 0 unspecified atom stereocenters. The van der Waals surface area contributed by atoms with E-state index in [0.717, 1.165) is 42.0 Å². The van der Waals surface area contributed by atoms with Crippen LogP contribution in [-0.2, 0) is 0 Å². The molecule has 88 valence electrons. The molecule has 4 nitrogen and oxygen atoms in total. The van der Waals surface area contributed by atoms with Crippen LogP contribution in [0.25, 0.3) is 0 Å². The van der Waals surface area contributed by atoms with Crippen molar-refractivity contribution in [2.75, 3.05) is 44.4 Å². The monoisotopic (exact) mass is 284 g/mol. The van der Waals surface area contributed by atoms with Crippen molar-refractivity contribution in [1.29, 1.82) is 0 Å². The number of nitrogen functional groups attached to an aromatic ring is 1. The van der Waals surface area contributed by atoms with Crippen LogP contribution in [0.3, 0.4) is 0 Å². The minimum atomic E-state index is 0.774. The van der Waals surface area contributed by atoms with Crippen molar-refractivity contribution in [3.63, 3.8) is 0 Å². The normalized spacial score (nSPS) is 18.6. The number of likely N-dealkylation sites (N-methyl/N-ethyl adjacent to an activating group) is 1. The zero-order valence-electron chi connectivity index (χ0n) is 9.41. The first-order chi connectivity index (χ1) is 7.65. The smallest absolute Gasteiger partial charge is 0.0633 e. The Morgan fingerprint density at radius 1 is 1.25 bits per heavy atom. The van der Waals surface area contributed by atoms with Gasteiger partial charge in [-0.3, -0.25) is 0 Å². The lowest BCUT2D eigenvalue weighted by atomic mass is 10.3. The Balaban J connectivity index is 1.98. The van der Waals surface area contributed by atoms with Gasteiger partial charge in [-0.05, 0) is 41.2 Å². The lowest BCUT2D eigenvalue weighted by Crippen LogP contribution is -2.46. The maximum Gasteiger partial charge on any atom is 0.0633 e. The third-order valence-corrected chi connectivity index (χ3v) is 3.43. The van der Waals surface area contributed by atoms with Crippen LogP contribution in [0.2, 0.25) is 0 Å².